The molecule has 30 heavy (non-hydrogen) atoms. The van der Waals surface area contributed by atoms with Gasteiger partial charge in [0.15, 0.2) is 0 Å². The number of carbonyl (C=O) groups is 2. The third-order valence-electron chi connectivity index (χ3n) is 3.52. The van der Waals surface area contributed by atoms with Crippen molar-refractivity contribution in [2.24, 2.45) is 0 Å². The molecule has 0 fully saturated rings. The van der Waals surface area contributed by atoms with Gasteiger partial charge in [0.1, 0.15) is 0 Å². The summed E-state index contributed by atoms with van der Waals surface area (Å²) in [6.45, 7) is 4.19. The second kappa shape index (κ2) is 12.2. The Labute approximate surface area is 176 Å². The lowest BCUT2D eigenvalue weighted by Gasteiger charge is -2.00. The molecular weight excluding hydrogens is 376 g/mol. The maximum Gasteiger partial charge on any atom is 0.338 e. The predicted octanol–water partition coefficient (Wildman–Crippen LogP) is 3.45. The number of esters is 2. The molecule has 0 aromatic heterocycles. The highest BCUT2D eigenvalue weighted by atomic mass is 16.5. The third kappa shape index (κ3) is 7.32. The summed E-state index contributed by atoms with van der Waals surface area (Å²) in [5.41, 5.74) is 2.43. The van der Waals surface area contributed by atoms with Crippen LogP contribution in [-0.2, 0) is 9.47 Å². The highest BCUT2D eigenvalue weighted by Gasteiger charge is 2.05. The molecule has 4 nitrogen and oxygen atoms in total. The number of hydrogen-bond donors (Lipinski definition) is 0. The fourth-order valence-electron chi connectivity index (χ4n) is 2.14. The second-order valence-electron chi connectivity index (χ2n) is 5.60. The summed E-state index contributed by atoms with van der Waals surface area (Å²) in [5.74, 6) is 20.9. The van der Waals surface area contributed by atoms with E-state index in [9.17, 15) is 9.59 Å². The molecular formula is C26H18O4. The van der Waals surface area contributed by atoms with E-state index >= 15 is 0 Å². The third-order valence-corrected chi connectivity index (χ3v) is 3.52. The number of benzene rings is 2. The quantitative estimate of drug-likeness (QED) is 0.589. The molecule has 0 aliphatic heterocycles. The lowest BCUT2D eigenvalue weighted by atomic mass is 10.1. The van der Waals surface area contributed by atoms with E-state index in [1.807, 2.05) is 0 Å². The van der Waals surface area contributed by atoms with E-state index in [1.165, 1.54) is 0 Å². The van der Waals surface area contributed by atoms with Crippen molar-refractivity contribution in [3.05, 3.63) is 70.8 Å². The highest BCUT2D eigenvalue weighted by molar-refractivity contribution is 5.90. The van der Waals surface area contributed by atoms with E-state index in [0.717, 1.165) is 11.1 Å². The zero-order valence-electron chi connectivity index (χ0n) is 16.7. The first-order valence-electron chi connectivity index (χ1n) is 9.20. The fraction of sp³-hybridized carbons (Fsp3) is 0.154. The molecule has 2 rings (SSSR count). The minimum absolute atomic E-state index is 0.336. The van der Waals surface area contributed by atoms with Crippen molar-refractivity contribution in [1.29, 1.82) is 0 Å². The van der Waals surface area contributed by atoms with Crippen molar-refractivity contribution >= 4 is 11.9 Å². The Bertz CT molecular complexity index is 1050. The Morgan fingerprint density at radius 3 is 1.27 bits per heavy atom. The molecule has 0 radical (unpaired) electrons. The second-order valence-corrected chi connectivity index (χ2v) is 5.60. The van der Waals surface area contributed by atoms with Gasteiger partial charge in [0.25, 0.3) is 0 Å². The molecule has 4 heteroatoms. The van der Waals surface area contributed by atoms with Gasteiger partial charge in [-0.3, -0.25) is 0 Å². The Morgan fingerprint density at radius 2 is 0.933 bits per heavy atom. The van der Waals surface area contributed by atoms with Crippen LogP contribution in [-0.4, -0.2) is 25.2 Å². The molecule has 2 aromatic carbocycles. The molecule has 0 amide bonds. The lowest BCUT2D eigenvalue weighted by Crippen LogP contribution is -2.04. The molecule has 0 atom stereocenters. The van der Waals surface area contributed by atoms with Gasteiger partial charge >= 0.3 is 11.9 Å². The van der Waals surface area contributed by atoms with Gasteiger partial charge in [-0.2, -0.15) is 0 Å². The van der Waals surface area contributed by atoms with E-state index in [4.69, 9.17) is 9.47 Å². The molecule has 0 unspecified atom stereocenters. The van der Waals surface area contributed by atoms with Gasteiger partial charge in [0, 0.05) is 11.1 Å². The number of ether oxygens (including phenoxy) is 2. The van der Waals surface area contributed by atoms with Gasteiger partial charge in [-0.15, -0.1) is 0 Å². The van der Waals surface area contributed by atoms with Crippen LogP contribution in [0.3, 0.4) is 0 Å². The Morgan fingerprint density at radius 1 is 0.600 bits per heavy atom. The largest absolute Gasteiger partial charge is 0.462 e. The summed E-state index contributed by atoms with van der Waals surface area (Å²) in [4.78, 5) is 23.1. The summed E-state index contributed by atoms with van der Waals surface area (Å²) in [7, 11) is 0. The molecule has 0 spiro atoms. The smallest absolute Gasteiger partial charge is 0.338 e. The number of hydrogen-bond acceptors (Lipinski definition) is 4. The molecule has 2 aromatic rings. The van der Waals surface area contributed by atoms with Crippen molar-refractivity contribution in [3.8, 4) is 47.4 Å². The lowest BCUT2D eigenvalue weighted by molar-refractivity contribution is 0.0516. The van der Waals surface area contributed by atoms with Gasteiger partial charge in [-0.25, -0.2) is 9.59 Å². The molecule has 0 N–H and O–H groups in total. The van der Waals surface area contributed by atoms with E-state index in [2.05, 4.69) is 47.4 Å². The standard InChI is InChI=1S/C26H18O4/c1-3-29-25(27)23-17-13-21(14-18-23)11-9-7-5-6-8-10-12-22-15-19-24(20-16-22)26(28)30-4-2/h13-20H,3-4H2,1-2H3. The average Bonchev–Trinajstić information content (AvgIpc) is 2.76. The monoisotopic (exact) mass is 394 g/mol. The van der Waals surface area contributed by atoms with Crippen molar-refractivity contribution in [2.45, 2.75) is 13.8 Å². The van der Waals surface area contributed by atoms with Gasteiger partial charge in [0.2, 0.25) is 0 Å². The van der Waals surface area contributed by atoms with Crippen molar-refractivity contribution < 1.29 is 19.1 Å². The first-order chi connectivity index (χ1) is 14.6. The summed E-state index contributed by atoms with van der Waals surface area (Å²) >= 11 is 0. The molecule has 0 aliphatic carbocycles. The Balaban J connectivity index is 1.90. The maximum absolute atomic E-state index is 11.6. The number of rotatable bonds is 4. The van der Waals surface area contributed by atoms with Crippen LogP contribution in [0.4, 0.5) is 0 Å². The SMILES string of the molecule is CCOC(=O)c1ccc(C#CC#CC#CC#Cc2ccc(C(=O)OCC)cc2)cc1. The maximum atomic E-state index is 11.6. The topological polar surface area (TPSA) is 52.6 Å². The van der Waals surface area contributed by atoms with Crippen LogP contribution >= 0.6 is 0 Å². The number of carbonyl (C=O) groups excluding carboxylic acids is 2. The summed E-state index contributed by atoms with van der Waals surface area (Å²) in [6, 6.07) is 13.5. The van der Waals surface area contributed by atoms with Gasteiger partial charge in [-0.1, -0.05) is 11.8 Å². The molecule has 146 valence electrons. The van der Waals surface area contributed by atoms with Crippen molar-refractivity contribution in [3.63, 3.8) is 0 Å². The minimum Gasteiger partial charge on any atom is -0.462 e. The van der Waals surface area contributed by atoms with Crippen molar-refractivity contribution in [1.82, 2.24) is 0 Å². The van der Waals surface area contributed by atoms with Crippen LogP contribution in [0, 0.1) is 47.4 Å². The molecule has 0 saturated heterocycles. The molecule has 0 saturated carbocycles. The van der Waals surface area contributed by atoms with E-state index in [-0.39, 0.29) is 11.9 Å². The summed E-state index contributed by atoms with van der Waals surface area (Å²) in [6.07, 6.45) is 0. The van der Waals surface area contributed by atoms with Gasteiger partial charge < -0.3 is 9.47 Å². The fourth-order valence-corrected chi connectivity index (χ4v) is 2.14. The first kappa shape index (κ1) is 21.9. The zero-order chi connectivity index (χ0) is 21.6. The zero-order valence-corrected chi connectivity index (χ0v) is 16.7. The van der Waals surface area contributed by atoms with Crippen LogP contribution in [0.25, 0.3) is 0 Å². The normalized spacial score (nSPS) is 8.47. The predicted molar refractivity (Wildman–Crippen MR) is 114 cm³/mol. The van der Waals surface area contributed by atoms with Crippen LogP contribution < -0.4 is 0 Å². The summed E-state index contributed by atoms with van der Waals surface area (Å²) < 4.78 is 9.85. The van der Waals surface area contributed by atoms with Crippen LogP contribution in [0.2, 0.25) is 0 Å². The van der Waals surface area contributed by atoms with Gasteiger partial charge in [-0.05, 0) is 97.9 Å². The molecule has 0 aliphatic rings. The van der Waals surface area contributed by atoms with Crippen LogP contribution in [0.5, 0.6) is 0 Å². The van der Waals surface area contributed by atoms with E-state index < -0.39 is 0 Å². The van der Waals surface area contributed by atoms with E-state index in [0.29, 0.717) is 24.3 Å². The highest BCUT2D eigenvalue weighted by Crippen LogP contribution is 2.06. The van der Waals surface area contributed by atoms with Crippen LogP contribution in [0.1, 0.15) is 45.7 Å². The molecule has 0 heterocycles. The average molecular weight is 394 g/mol. The van der Waals surface area contributed by atoms with E-state index in [1.54, 1.807) is 62.4 Å². The summed E-state index contributed by atoms with van der Waals surface area (Å²) in [5, 5.41) is 0. The van der Waals surface area contributed by atoms with Gasteiger partial charge in [0.05, 0.1) is 24.3 Å². The van der Waals surface area contributed by atoms with Crippen LogP contribution in [0.15, 0.2) is 48.5 Å². The minimum atomic E-state index is -0.358. The Hall–Kier alpha value is -4.38. The molecule has 0 bridgehead atoms. The van der Waals surface area contributed by atoms with Crippen molar-refractivity contribution in [2.75, 3.05) is 13.2 Å². The Kier molecular flexibility index (Phi) is 8.88. The first-order valence-corrected chi connectivity index (χ1v) is 9.20.